The Labute approximate surface area is 83.1 Å². The van der Waals surface area contributed by atoms with E-state index in [0.29, 0.717) is 11.3 Å². The van der Waals surface area contributed by atoms with Gasteiger partial charge in [-0.3, -0.25) is 0 Å². The van der Waals surface area contributed by atoms with Crippen molar-refractivity contribution < 1.29 is 9.13 Å². The molecular formula is C11H12FNO. The highest BCUT2D eigenvalue weighted by atomic mass is 19.1. The molecule has 0 spiro atoms. The summed E-state index contributed by atoms with van der Waals surface area (Å²) in [7, 11) is 1.57. The van der Waals surface area contributed by atoms with Crippen LogP contribution in [0.4, 0.5) is 4.39 Å². The predicted molar refractivity (Wildman–Crippen MR) is 52.9 cm³/mol. The third kappa shape index (κ3) is 2.74. The third-order valence-electron chi connectivity index (χ3n) is 1.97. The predicted octanol–water partition coefficient (Wildman–Crippen LogP) is 3.02. The highest BCUT2D eigenvalue weighted by Gasteiger charge is 2.10. The van der Waals surface area contributed by atoms with Crippen molar-refractivity contribution in [1.82, 2.24) is 0 Å². The van der Waals surface area contributed by atoms with E-state index in [1.807, 2.05) is 0 Å². The van der Waals surface area contributed by atoms with Gasteiger partial charge in [-0.2, -0.15) is 0 Å². The normalized spacial score (nSPS) is 11.8. The van der Waals surface area contributed by atoms with Crippen LogP contribution in [0.25, 0.3) is 4.85 Å². The summed E-state index contributed by atoms with van der Waals surface area (Å²) in [6, 6.07) is 6.82. The highest BCUT2D eigenvalue weighted by Crippen LogP contribution is 2.23. The molecule has 74 valence electrons. The Morgan fingerprint density at radius 2 is 2.07 bits per heavy atom. The zero-order chi connectivity index (χ0) is 10.4. The minimum Gasteiger partial charge on any atom is -0.497 e. The van der Waals surface area contributed by atoms with Crippen molar-refractivity contribution >= 4 is 0 Å². The van der Waals surface area contributed by atoms with Gasteiger partial charge >= 0.3 is 0 Å². The fourth-order valence-corrected chi connectivity index (χ4v) is 1.16. The van der Waals surface area contributed by atoms with Crippen LogP contribution in [-0.4, -0.2) is 13.7 Å². The molecule has 1 rings (SSSR count). The molecule has 0 saturated carbocycles. The van der Waals surface area contributed by atoms with Crippen LogP contribution < -0.4 is 4.74 Å². The molecule has 0 aromatic heterocycles. The summed E-state index contributed by atoms with van der Waals surface area (Å²) in [5, 5.41) is 0. The maximum absolute atomic E-state index is 13.4. The van der Waals surface area contributed by atoms with E-state index in [9.17, 15) is 4.39 Å². The molecular weight excluding hydrogens is 181 g/mol. The van der Waals surface area contributed by atoms with Crippen molar-refractivity contribution in [2.45, 2.75) is 12.6 Å². The molecule has 1 atom stereocenters. The van der Waals surface area contributed by atoms with Crippen molar-refractivity contribution in [3.63, 3.8) is 0 Å². The van der Waals surface area contributed by atoms with Gasteiger partial charge in [-0.1, -0.05) is 12.1 Å². The van der Waals surface area contributed by atoms with E-state index in [4.69, 9.17) is 11.3 Å². The van der Waals surface area contributed by atoms with E-state index in [1.165, 1.54) is 0 Å². The summed E-state index contributed by atoms with van der Waals surface area (Å²) in [6.45, 7) is 6.79. The van der Waals surface area contributed by atoms with Gasteiger partial charge < -0.3 is 9.58 Å². The van der Waals surface area contributed by atoms with Crippen LogP contribution in [0.1, 0.15) is 18.2 Å². The molecule has 0 saturated heterocycles. The Balaban J connectivity index is 2.62. The smallest absolute Gasteiger partial charge is 0.217 e. The van der Waals surface area contributed by atoms with Crippen LogP contribution >= 0.6 is 0 Å². The molecule has 2 nitrogen and oxygen atoms in total. The van der Waals surface area contributed by atoms with E-state index >= 15 is 0 Å². The lowest BCUT2D eigenvalue weighted by Crippen LogP contribution is -1.93. The molecule has 0 N–H and O–H groups in total. The van der Waals surface area contributed by atoms with Gasteiger partial charge in [0.15, 0.2) is 0 Å². The largest absolute Gasteiger partial charge is 0.497 e. The second-order valence-corrected chi connectivity index (χ2v) is 2.91. The quantitative estimate of drug-likeness (QED) is 0.670. The second kappa shape index (κ2) is 5.23. The molecule has 0 aliphatic rings. The van der Waals surface area contributed by atoms with E-state index in [0.717, 1.165) is 0 Å². The molecule has 1 aromatic rings. The summed E-state index contributed by atoms with van der Waals surface area (Å²) in [5.41, 5.74) is 0.606. The van der Waals surface area contributed by atoms with Gasteiger partial charge in [0.2, 0.25) is 6.54 Å². The molecule has 0 bridgehead atoms. The fourth-order valence-electron chi connectivity index (χ4n) is 1.16. The first-order valence-corrected chi connectivity index (χ1v) is 4.39. The summed E-state index contributed by atoms with van der Waals surface area (Å²) >= 11 is 0. The van der Waals surface area contributed by atoms with Crippen molar-refractivity contribution in [3.8, 4) is 5.75 Å². The standard InChI is InChI=1S/C11H12FNO/c1-13-8-7-11(12)9-3-5-10(14-2)6-4-9/h3-6,11H,7-8H2,2H3. The van der Waals surface area contributed by atoms with Crippen LogP contribution in [0.3, 0.4) is 0 Å². The second-order valence-electron chi connectivity index (χ2n) is 2.91. The lowest BCUT2D eigenvalue weighted by atomic mass is 10.1. The number of ether oxygens (including phenoxy) is 1. The Bertz CT molecular complexity index is 315. The fraction of sp³-hybridized carbons (Fsp3) is 0.364. The molecule has 0 heterocycles. The number of benzene rings is 1. The van der Waals surface area contributed by atoms with E-state index in [2.05, 4.69) is 4.85 Å². The van der Waals surface area contributed by atoms with Crippen LogP contribution in [0.5, 0.6) is 5.75 Å². The topological polar surface area (TPSA) is 13.6 Å². The van der Waals surface area contributed by atoms with Crippen LogP contribution in [-0.2, 0) is 0 Å². The zero-order valence-electron chi connectivity index (χ0n) is 8.03. The number of hydrogen-bond donors (Lipinski definition) is 0. The lowest BCUT2D eigenvalue weighted by molar-refractivity contribution is 0.332. The van der Waals surface area contributed by atoms with Crippen molar-refractivity contribution in [1.29, 1.82) is 0 Å². The van der Waals surface area contributed by atoms with Gasteiger partial charge in [-0.05, 0) is 17.7 Å². The molecule has 0 aliphatic heterocycles. The van der Waals surface area contributed by atoms with Crippen molar-refractivity contribution in [2.75, 3.05) is 13.7 Å². The van der Waals surface area contributed by atoms with Gasteiger partial charge in [0.25, 0.3) is 0 Å². The molecule has 14 heavy (non-hydrogen) atoms. The molecule has 0 fully saturated rings. The number of rotatable bonds is 4. The monoisotopic (exact) mass is 193 g/mol. The third-order valence-corrected chi connectivity index (χ3v) is 1.97. The molecule has 0 radical (unpaired) electrons. The van der Waals surface area contributed by atoms with Crippen LogP contribution in [0, 0.1) is 6.57 Å². The number of halogens is 1. The van der Waals surface area contributed by atoms with E-state index < -0.39 is 6.17 Å². The zero-order valence-corrected chi connectivity index (χ0v) is 8.03. The first kappa shape index (κ1) is 10.5. The molecule has 3 heteroatoms. The van der Waals surface area contributed by atoms with Gasteiger partial charge in [0, 0.05) is 0 Å². The number of nitrogens with zero attached hydrogens (tertiary/aromatic N) is 1. The minimum absolute atomic E-state index is 0.229. The minimum atomic E-state index is -1.05. The Kier molecular flexibility index (Phi) is 3.93. The molecule has 1 unspecified atom stereocenters. The number of alkyl halides is 1. The average Bonchev–Trinajstić information content (AvgIpc) is 2.26. The van der Waals surface area contributed by atoms with Crippen LogP contribution in [0.15, 0.2) is 24.3 Å². The Hall–Kier alpha value is -1.56. The van der Waals surface area contributed by atoms with Crippen molar-refractivity contribution in [3.05, 3.63) is 41.2 Å². The van der Waals surface area contributed by atoms with Gasteiger partial charge in [0.05, 0.1) is 13.5 Å². The van der Waals surface area contributed by atoms with E-state index in [-0.39, 0.29) is 13.0 Å². The molecule has 0 aliphatic carbocycles. The number of hydrogen-bond acceptors (Lipinski definition) is 1. The maximum atomic E-state index is 13.4. The summed E-state index contributed by atoms with van der Waals surface area (Å²) in [4.78, 5) is 3.12. The summed E-state index contributed by atoms with van der Waals surface area (Å²) in [6.07, 6.45) is -0.787. The van der Waals surface area contributed by atoms with Crippen molar-refractivity contribution in [2.24, 2.45) is 0 Å². The number of methoxy groups -OCH3 is 1. The first-order chi connectivity index (χ1) is 6.77. The average molecular weight is 193 g/mol. The first-order valence-electron chi connectivity index (χ1n) is 4.39. The molecule has 1 aromatic carbocycles. The SMILES string of the molecule is [C-]#[N+]CCC(F)c1ccc(OC)cc1. The van der Waals surface area contributed by atoms with Gasteiger partial charge in [-0.25, -0.2) is 11.0 Å². The van der Waals surface area contributed by atoms with E-state index in [1.54, 1.807) is 31.4 Å². The Morgan fingerprint density at radius 1 is 1.43 bits per heavy atom. The highest BCUT2D eigenvalue weighted by molar-refractivity contribution is 5.28. The van der Waals surface area contributed by atoms with Gasteiger partial charge in [0.1, 0.15) is 11.9 Å². The maximum Gasteiger partial charge on any atom is 0.217 e. The Morgan fingerprint density at radius 3 is 2.57 bits per heavy atom. The summed E-state index contributed by atoms with van der Waals surface area (Å²) in [5.74, 6) is 0.714. The van der Waals surface area contributed by atoms with Crippen LogP contribution in [0.2, 0.25) is 0 Å². The summed E-state index contributed by atoms with van der Waals surface area (Å²) < 4.78 is 18.3. The lowest BCUT2D eigenvalue weighted by Gasteiger charge is -2.05. The molecule has 0 amide bonds. The van der Waals surface area contributed by atoms with Gasteiger partial charge in [-0.15, -0.1) is 0 Å².